The molecule has 0 N–H and O–H groups in total. The molecule has 126 valence electrons. The third kappa shape index (κ3) is 2.11. The number of hydrogen-bond acceptors (Lipinski definition) is 3. The Hall–Kier alpha value is -1.25. The first-order chi connectivity index (χ1) is 10.8. The fourth-order valence-corrected chi connectivity index (χ4v) is 5.94. The van der Waals surface area contributed by atoms with E-state index in [1.165, 1.54) is 30.4 Å². The van der Waals surface area contributed by atoms with Gasteiger partial charge >= 0.3 is 5.97 Å². The van der Waals surface area contributed by atoms with Crippen molar-refractivity contribution in [1.29, 1.82) is 0 Å². The van der Waals surface area contributed by atoms with E-state index in [1.807, 2.05) is 6.26 Å². The summed E-state index contributed by atoms with van der Waals surface area (Å²) in [5.74, 6) is 1.18. The van der Waals surface area contributed by atoms with Crippen LogP contribution in [0, 0.1) is 28.6 Å². The molecule has 3 heteroatoms. The number of allylic oxidation sites excluding steroid dienone is 1. The Morgan fingerprint density at radius 2 is 2.04 bits per heavy atom. The molecule has 0 aromatic rings. The molecule has 0 spiro atoms. The summed E-state index contributed by atoms with van der Waals surface area (Å²) < 4.78 is 11.0. The van der Waals surface area contributed by atoms with Gasteiger partial charge in [-0.1, -0.05) is 32.9 Å². The summed E-state index contributed by atoms with van der Waals surface area (Å²) >= 11 is 0. The Morgan fingerprint density at radius 3 is 2.83 bits per heavy atom. The third-order valence-electron chi connectivity index (χ3n) is 7.18. The number of esters is 1. The second-order valence-corrected chi connectivity index (χ2v) is 8.92. The molecule has 2 aliphatic carbocycles. The zero-order chi connectivity index (χ0) is 16.4. The Labute approximate surface area is 139 Å². The van der Waals surface area contributed by atoms with Crippen LogP contribution in [0.5, 0.6) is 0 Å². The van der Waals surface area contributed by atoms with E-state index in [-0.39, 0.29) is 23.6 Å². The van der Waals surface area contributed by atoms with Gasteiger partial charge in [-0.3, -0.25) is 4.79 Å². The van der Waals surface area contributed by atoms with Gasteiger partial charge < -0.3 is 9.47 Å². The fraction of sp³-hybridized carbons (Fsp3) is 0.750. The zero-order valence-electron chi connectivity index (χ0n) is 14.6. The predicted molar refractivity (Wildman–Crippen MR) is 88.2 cm³/mol. The summed E-state index contributed by atoms with van der Waals surface area (Å²) in [4.78, 5) is 11.7. The summed E-state index contributed by atoms with van der Waals surface area (Å²) in [6.45, 7) is 11.7. The van der Waals surface area contributed by atoms with E-state index in [0.29, 0.717) is 23.7 Å². The van der Waals surface area contributed by atoms with Crippen LogP contribution < -0.4 is 0 Å². The first kappa shape index (κ1) is 15.3. The molecule has 2 heterocycles. The number of rotatable bonds is 1. The smallest absolute Gasteiger partial charge is 0.309 e. The van der Waals surface area contributed by atoms with Gasteiger partial charge in [-0.05, 0) is 60.3 Å². The number of carbonyl (C=O) groups excluding carboxylic acids is 1. The quantitative estimate of drug-likeness (QED) is 0.524. The molecule has 0 aromatic heterocycles. The summed E-state index contributed by atoms with van der Waals surface area (Å²) in [7, 11) is 0. The molecular formula is C20H28O3. The van der Waals surface area contributed by atoms with Crippen molar-refractivity contribution < 1.29 is 14.3 Å². The highest BCUT2D eigenvalue weighted by molar-refractivity contribution is 5.73. The van der Waals surface area contributed by atoms with Crippen molar-refractivity contribution >= 4 is 5.97 Å². The van der Waals surface area contributed by atoms with Gasteiger partial charge in [-0.25, -0.2) is 0 Å². The number of hydrogen-bond donors (Lipinski definition) is 0. The average molecular weight is 316 g/mol. The standard InChI is InChI=1S/C20H28O3/c1-12-6-5-8-19(2,3)14-7-9-20(4,17(12)14)15-11-22-18-13(15)10-16(21)23-18/h11,13-14,17-18H,1,5-10H2,2-4H3/t13-,14-,17-,18-,20+/m0/s1. The molecule has 0 radical (unpaired) electrons. The van der Waals surface area contributed by atoms with Crippen LogP contribution in [0.1, 0.15) is 59.3 Å². The van der Waals surface area contributed by atoms with Gasteiger partial charge in [0.05, 0.1) is 18.6 Å². The average Bonchev–Trinajstić information content (AvgIpc) is 3.08. The first-order valence-electron chi connectivity index (χ1n) is 9.06. The minimum Gasteiger partial charge on any atom is -0.462 e. The van der Waals surface area contributed by atoms with Crippen molar-refractivity contribution in [3.63, 3.8) is 0 Å². The molecule has 3 nitrogen and oxygen atoms in total. The summed E-state index contributed by atoms with van der Waals surface area (Å²) in [6.07, 6.45) is 8.09. The van der Waals surface area contributed by atoms with Crippen LogP contribution in [0.4, 0.5) is 0 Å². The second-order valence-electron chi connectivity index (χ2n) is 8.92. The Kier molecular flexibility index (Phi) is 3.24. The molecule has 0 aromatic carbocycles. The van der Waals surface area contributed by atoms with Crippen molar-refractivity contribution in [3.05, 3.63) is 24.0 Å². The molecule has 0 amide bonds. The van der Waals surface area contributed by atoms with Crippen molar-refractivity contribution in [2.75, 3.05) is 0 Å². The molecule has 0 unspecified atom stereocenters. The molecule has 1 saturated heterocycles. The van der Waals surface area contributed by atoms with E-state index in [9.17, 15) is 4.79 Å². The van der Waals surface area contributed by atoms with Crippen LogP contribution in [-0.2, 0) is 14.3 Å². The van der Waals surface area contributed by atoms with E-state index in [2.05, 4.69) is 27.4 Å². The molecule has 2 saturated carbocycles. The van der Waals surface area contributed by atoms with Gasteiger partial charge in [0.15, 0.2) is 0 Å². The van der Waals surface area contributed by atoms with Gasteiger partial charge in [-0.2, -0.15) is 0 Å². The zero-order valence-corrected chi connectivity index (χ0v) is 14.6. The van der Waals surface area contributed by atoms with Gasteiger partial charge in [0, 0.05) is 0 Å². The first-order valence-corrected chi connectivity index (χ1v) is 9.06. The maximum Gasteiger partial charge on any atom is 0.309 e. The van der Waals surface area contributed by atoms with Gasteiger partial charge in [0.1, 0.15) is 0 Å². The predicted octanol–water partition coefficient (Wildman–Crippen LogP) is 4.59. The molecule has 4 rings (SSSR count). The summed E-state index contributed by atoms with van der Waals surface area (Å²) in [5, 5.41) is 0. The van der Waals surface area contributed by atoms with Crippen molar-refractivity contribution in [1.82, 2.24) is 0 Å². The lowest BCUT2D eigenvalue weighted by Gasteiger charge is -2.41. The minimum atomic E-state index is -0.375. The second kappa shape index (κ2) is 4.87. The summed E-state index contributed by atoms with van der Waals surface area (Å²) in [6, 6.07) is 0. The van der Waals surface area contributed by atoms with Crippen LogP contribution in [0.3, 0.4) is 0 Å². The Bertz CT molecular complexity index is 588. The highest BCUT2D eigenvalue weighted by atomic mass is 16.7. The Balaban J connectivity index is 1.71. The SMILES string of the molecule is C=C1CCCC(C)(C)[C@H]2CC[C@](C)(C3=CO[C@H]4OC(=O)C[C@@H]34)[C@@H]12. The number of fused-ring (bicyclic) bond motifs is 2. The van der Waals surface area contributed by atoms with Crippen molar-refractivity contribution in [2.45, 2.75) is 65.6 Å². The molecule has 5 atom stereocenters. The highest BCUT2D eigenvalue weighted by Gasteiger charge is 2.58. The van der Waals surface area contributed by atoms with E-state index in [0.717, 1.165) is 12.8 Å². The largest absolute Gasteiger partial charge is 0.462 e. The van der Waals surface area contributed by atoms with E-state index >= 15 is 0 Å². The van der Waals surface area contributed by atoms with Crippen molar-refractivity contribution in [2.24, 2.45) is 28.6 Å². The molecule has 0 bridgehead atoms. The van der Waals surface area contributed by atoms with Gasteiger partial charge in [0.25, 0.3) is 6.29 Å². The molecule has 23 heavy (non-hydrogen) atoms. The van der Waals surface area contributed by atoms with Crippen LogP contribution in [0.15, 0.2) is 24.0 Å². The lowest BCUT2D eigenvalue weighted by Crippen LogP contribution is -2.35. The topological polar surface area (TPSA) is 35.5 Å². The van der Waals surface area contributed by atoms with Gasteiger partial charge in [0.2, 0.25) is 0 Å². The third-order valence-corrected chi connectivity index (χ3v) is 7.18. The number of ether oxygens (including phenoxy) is 2. The van der Waals surface area contributed by atoms with Gasteiger partial charge in [-0.15, -0.1) is 0 Å². The maximum atomic E-state index is 11.7. The minimum absolute atomic E-state index is 0.0662. The van der Waals surface area contributed by atoms with Crippen LogP contribution in [0.2, 0.25) is 0 Å². The normalized spacial score (nSPS) is 44.9. The molecular weight excluding hydrogens is 288 g/mol. The molecule has 3 fully saturated rings. The lowest BCUT2D eigenvalue weighted by atomic mass is 9.62. The maximum absolute atomic E-state index is 11.7. The lowest BCUT2D eigenvalue weighted by molar-refractivity contribution is -0.154. The summed E-state index contributed by atoms with van der Waals surface area (Å²) in [5.41, 5.74) is 3.15. The molecule has 4 aliphatic rings. The Morgan fingerprint density at radius 1 is 1.26 bits per heavy atom. The van der Waals surface area contributed by atoms with Crippen LogP contribution in [0.25, 0.3) is 0 Å². The van der Waals surface area contributed by atoms with Crippen LogP contribution in [-0.4, -0.2) is 12.3 Å². The van der Waals surface area contributed by atoms with E-state index < -0.39 is 0 Å². The van der Waals surface area contributed by atoms with Crippen molar-refractivity contribution in [3.8, 4) is 0 Å². The monoisotopic (exact) mass is 316 g/mol. The molecule has 2 aliphatic heterocycles. The number of carbonyl (C=O) groups is 1. The van der Waals surface area contributed by atoms with E-state index in [4.69, 9.17) is 9.47 Å². The fourth-order valence-electron chi connectivity index (χ4n) is 5.94. The van der Waals surface area contributed by atoms with Crippen LogP contribution >= 0.6 is 0 Å². The van der Waals surface area contributed by atoms with E-state index in [1.54, 1.807) is 0 Å². The highest BCUT2D eigenvalue weighted by Crippen LogP contribution is 2.64.